The summed E-state index contributed by atoms with van der Waals surface area (Å²) in [5, 5.41) is 21.4. The van der Waals surface area contributed by atoms with Crippen LogP contribution in [0.2, 0.25) is 0 Å². The van der Waals surface area contributed by atoms with E-state index in [1.54, 1.807) is 0 Å². The summed E-state index contributed by atoms with van der Waals surface area (Å²) in [5.41, 5.74) is 0. The SMILES string of the molecule is OC[C@H]1[C@H]2[C@@H]3CC[C@H]4[C@@H](O)[C@@H]5[C@@H]6[C@H]7CCC[C@H]7[C@@H]1[C@H]6[C@H]2[C@@H]5[C@@H]43. The number of aliphatic hydroxyl groups excluding tert-OH is 2. The molecule has 7 aliphatic rings. The lowest BCUT2D eigenvalue weighted by atomic mass is 9.75. The molecule has 0 aromatic carbocycles. The normalized spacial score (nSPS) is 75.0. The van der Waals surface area contributed by atoms with Crippen molar-refractivity contribution < 1.29 is 10.2 Å². The van der Waals surface area contributed by atoms with Gasteiger partial charge in [0, 0.05) is 6.61 Å². The molecule has 0 aromatic heterocycles. The Kier molecular flexibility index (Phi) is 2.02. The second-order valence-electron chi connectivity index (χ2n) is 10.1. The summed E-state index contributed by atoms with van der Waals surface area (Å²) in [6, 6.07) is 0. The molecule has 0 spiro atoms. The van der Waals surface area contributed by atoms with Crippen molar-refractivity contribution in [2.75, 3.05) is 6.61 Å². The summed E-state index contributed by atoms with van der Waals surface area (Å²) < 4.78 is 0. The molecule has 22 heavy (non-hydrogen) atoms. The summed E-state index contributed by atoms with van der Waals surface area (Å²) in [6.07, 6.45) is 7.00. The van der Waals surface area contributed by atoms with E-state index in [0.717, 1.165) is 59.2 Å². The Morgan fingerprint density at radius 2 is 1.23 bits per heavy atom. The topological polar surface area (TPSA) is 40.5 Å². The van der Waals surface area contributed by atoms with Crippen molar-refractivity contribution >= 4 is 0 Å². The van der Waals surface area contributed by atoms with Gasteiger partial charge in [-0.15, -0.1) is 0 Å². The Morgan fingerprint density at radius 1 is 0.591 bits per heavy atom. The minimum Gasteiger partial charge on any atom is -0.396 e. The number of fused-ring (bicyclic) bond motifs is 5. The zero-order chi connectivity index (χ0) is 14.3. The molecule has 0 bridgehead atoms. The van der Waals surface area contributed by atoms with Gasteiger partial charge in [-0.05, 0) is 103 Å². The Balaban J connectivity index is 1.46. The maximum atomic E-state index is 11.1. The van der Waals surface area contributed by atoms with Gasteiger partial charge in [-0.1, -0.05) is 6.42 Å². The van der Waals surface area contributed by atoms with Crippen molar-refractivity contribution in [3.05, 3.63) is 0 Å². The van der Waals surface area contributed by atoms with Crippen LogP contribution in [0.25, 0.3) is 0 Å². The van der Waals surface area contributed by atoms with E-state index in [0.29, 0.717) is 24.4 Å². The number of rotatable bonds is 1. The van der Waals surface area contributed by atoms with Crippen molar-refractivity contribution in [3.8, 4) is 0 Å². The van der Waals surface area contributed by atoms with Gasteiger partial charge in [-0.2, -0.15) is 0 Å². The van der Waals surface area contributed by atoms with Crippen LogP contribution in [0.3, 0.4) is 0 Å². The average molecular weight is 300 g/mol. The Bertz CT molecular complexity index is 537. The average Bonchev–Trinajstić information content (AvgIpc) is 3.26. The van der Waals surface area contributed by atoms with Crippen LogP contribution in [0, 0.1) is 76.9 Å². The predicted octanol–water partition coefficient (Wildman–Crippen LogP) is 2.40. The highest BCUT2D eigenvalue weighted by Crippen LogP contribution is 2.82. The highest BCUT2D eigenvalue weighted by molar-refractivity contribution is 5.27. The number of hydrogen-bond acceptors (Lipinski definition) is 2. The molecule has 7 rings (SSSR count). The highest BCUT2D eigenvalue weighted by atomic mass is 16.3. The van der Waals surface area contributed by atoms with Crippen LogP contribution >= 0.6 is 0 Å². The van der Waals surface area contributed by atoms with Crippen molar-refractivity contribution in [2.45, 2.75) is 38.2 Å². The van der Waals surface area contributed by atoms with Crippen LogP contribution in [-0.4, -0.2) is 22.9 Å². The lowest BCUT2D eigenvalue weighted by Crippen LogP contribution is -2.30. The smallest absolute Gasteiger partial charge is 0.0605 e. The van der Waals surface area contributed by atoms with Crippen LogP contribution in [0.4, 0.5) is 0 Å². The summed E-state index contributed by atoms with van der Waals surface area (Å²) in [4.78, 5) is 0. The number of aliphatic hydroxyl groups is 2. The van der Waals surface area contributed by atoms with E-state index in [1.165, 1.54) is 32.1 Å². The standard InChI is InChI=1S/C20H28O2/c21-6-11-12-7-2-1-3-8(7)15-16(12)17-14(11)9-4-5-10-13(9)18(17)19(15)20(10)22/h7-22H,1-6H2/t7-,8+,9-,10-,11-,12+,13-,14-,15-,16-,17+,18+,19-,20-/m1/s1. The maximum absolute atomic E-state index is 11.1. The molecular formula is C20H28O2. The molecule has 2 N–H and O–H groups in total. The molecule has 0 amide bonds. The minimum atomic E-state index is 0.0455. The van der Waals surface area contributed by atoms with Crippen LogP contribution in [-0.2, 0) is 0 Å². The third kappa shape index (κ3) is 0.989. The molecule has 0 radical (unpaired) electrons. The van der Waals surface area contributed by atoms with E-state index in [9.17, 15) is 10.2 Å². The Morgan fingerprint density at radius 3 is 2.05 bits per heavy atom. The van der Waals surface area contributed by atoms with Gasteiger partial charge in [-0.25, -0.2) is 0 Å². The lowest BCUT2D eigenvalue weighted by Gasteiger charge is -2.31. The molecule has 2 nitrogen and oxygen atoms in total. The van der Waals surface area contributed by atoms with Crippen molar-refractivity contribution in [1.82, 2.24) is 0 Å². The summed E-state index contributed by atoms with van der Waals surface area (Å²) in [6.45, 7) is 0.464. The van der Waals surface area contributed by atoms with E-state index >= 15 is 0 Å². The van der Waals surface area contributed by atoms with E-state index in [1.807, 2.05) is 0 Å². The zero-order valence-corrected chi connectivity index (χ0v) is 13.2. The fraction of sp³-hybridized carbons (Fsp3) is 1.00. The summed E-state index contributed by atoms with van der Waals surface area (Å²) in [5.74, 6) is 10.8. The van der Waals surface area contributed by atoms with Crippen LogP contribution in [0.15, 0.2) is 0 Å². The summed E-state index contributed by atoms with van der Waals surface area (Å²) in [7, 11) is 0. The molecule has 0 saturated heterocycles. The van der Waals surface area contributed by atoms with Gasteiger partial charge in [0.2, 0.25) is 0 Å². The van der Waals surface area contributed by atoms with Crippen molar-refractivity contribution in [2.24, 2.45) is 76.9 Å². The monoisotopic (exact) mass is 300 g/mol. The third-order valence-corrected chi connectivity index (χ3v) is 10.5. The van der Waals surface area contributed by atoms with Crippen molar-refractivity contribution in [1.29, 1.82) is 0 Å². The Hall–Kier alpha value is -0.0800. The molecule has 7 fully saturated rings. The zero-order valence-electron chi connectivity index (χ0n) is 13.2. The molecule has 2 heteroatoms. The quantitative estimate of drug-likeness (QED) is 0.780. The Labute approximate surface area is 132 Å². The van der Waals surface area contributed by atoms with Gasteiger partial charge >= 0.3 is 0 Å². The fourth-order valence-electron chi connectivity index (χ4n) is 10.9. The van der Waals surface area contributed by atoms with E-state index in [2.05, 4.69) is 0 Å². The molecule has 0 aromatic rings. The van der Waals surface area contributed by atoms with Gasteiger partial charge < -0.3 is 10.2 Å². The van der Waals surface area contributed by atoms with Gasteiger partial charge in [-0.3, -0.25) is 0 Å². The molecule has 120 valence electrons. The maximum Gasteiger partial charge on any atom is 0.0605 e. The van der Waals surface area contributed by atoms with Gasteiger partial charge in [0.15, 0.2) is 0 Å². The molecule has 7 aliphatic carbocycles. The molecule has 7 saturated carbocycles. The lowest BCUT2D eigenvalue weighted by molar-refractivity contribution is 0.0456. The van der Waals surface area contributed by atoms with Gasteiger partial charge in [0.05, 0.1) is 6.10 Å². The number of hydrogen-bond donors (Lipinski definition) is 2. The first kappa shape index (κ1) is 12.3. The highest BCUT2D eigenvalue weighted by Gasteiger charge is 2.80. The van der Waals surface area contributed by atoms with Gasteiger partial charge in [0.25, 0.3) is 0 Å². The molecule has 0 aliphatic heterocycles. The van der Waals surface area contributed by atoms with E-state index in [4.69, 9.17) is 0 Å². The van der Waals surface area contributed by atoms with Crippen LogP contribution in [0.5, 0.6) is 0 Å². The molecular weight excluding hydrogens is 272 g/mol. The van der Waals surface area contributed by atoms with Crippen molar-refractivity contribution in [3.63, 3.8) is 0 Å². The molecule has 0 heterocycles. The first-order valence-electron chi connectivity index (χ1n) is 10.1. The predicted molar refractivity (Wildman–Crippen MR) is 81.5 cm³/mol. The second kappa shape index (κ2) is 3.61. The van der Waals surface area contributed by atoms with E-state index in [-0.39, 0.29) is 6.10 Å². The van der Waals surface area contributed by atoms with Crippen LogP contribution < -0.4 is 0 Å². The first-order chi connectivity index (χ1) is 10.8. The summed E-state index contributed by atoms with van der Waals surface area (Å²) >= 11 is 0. The third-order valence-electron chi connectivity index (χ3n) is 10.5. The van der Waals surface area contributed by atoms with E-state index < -0.39 is 0 Å². The minimum absolute atomic E-state index is 0.0455. The largest absolute Gasteiger partial charge is 0.396 e. The molecule has 0 unspecified atom stereocenters. The van der Waals surface area contributed by atoms with Gasteiger partial charge in [0.1, 0.15) is 0 Å². The van der Waals surface area contributed by atoms with Crippen LogP contribution in [0.1, 0.15) is 32.1 Å². The first-order valence-corrected chi connectivity index (χ1v) is 10.1. The molecule has 14 atom stereocenters. The second-order valence-corrected chi connectivity index (χ2v) is 10.1. The fourth-order valence-corrected chi connectivity index (χ4v) is 10.9.